The van der Waals surface area contributed by atoms with Gasteiger partial charge in [-0.05, 0) is 30.0 Å². The highest BCUT2D eigenvalue weighted by molar-refractivity contribution is 5.82. The lowest BCUT2D eigenvalue weighted by Gasteiger charge is -2.18. The first-order valence-electron chi connectivity index (χ1n) is 6.84. The average molecular weight is 294 g/mol. The number of carbonyl (C=O) groups is 2. The monoisotopic (exact) mass is 294 g/mol. The van der Waals surface area contributed by atoms with Crippen molar-refractivity contribution in [2.24, 2.45) is 5.92 Å². The minimum absolute atomic E-state index is 0.174. The Labute approximate surface area is 124 Å². The standard InChI is InChI=1S/C15H22N2O4/c1-10(2)13(14(18)19)17-15(20)16-8-7-11-5-4-6-12(9-11)21-3/h4-6,9-10,13H,7-8H2,1-3H3,(H,18,19)(H2,16,17,20)/t13-/m0/s1. The molecule has 0 saturated heterocycles. The molecule has 0 heterocycles. The Kier molecular flexibility index (Phi) is 6.52. The lowest BCUT2D eigenvalue weighted by molar-refractivity contribution is -0.140. The fraction of sp³-hybridized carbons (Fsp3) is 0.467. The summed E-state index contributed by atoms with van der Waals surface area (Å²) in [6, 6.07) is 6.21. The van der Waals surface area contributed by atoms with E-state index in [1.807, 2.05) is 24.3 Å². The third-order valence-electron chi connectivity index (χ3n) is 3.05. The van der Waals surface area contributed by atoms with Gasteiger partial charge in [0, 0.05) is 6.54 Å². The fourth-order valence-corrected chi connectivity index (χ4v) is 1.85. The van der Waals surface area contributed by atoms with Gasteiger partial charge in [-0.3, -0.25) is 0 Å². The van der Waals surface area contributed by atoms with E-state index in [9.17, 15) is 9.59 Å². The SMILES string of the molecule is COc1cccc(CCNC(=O)N[C@H](C(=O)O)C(C)C)c1. The zero-order valence-electron chi connectivity index (χ0n) is 12.6. The van der Waals surface area contributed by atoms with E-state index in [2.05, 4.69) is 10.6 Å². The molecule has 0 spiro atoms. The zero-order valence-corrected chi connectivity index (χ0v) is 12.6. The van der Waals surface area contributed by atoms with Gasteiger partial charge in [0.05, 0.1) is 7.11 Å². The third-order valence-corrected chi connectivity index (χ3v) is 3.05. The van der Waals surface area contributed by atoms with Crippen molar-refractivity contribution in [1.82, 2.24) is 10.6 Å². The minimum atomic E-state index is -1.03. The molecule has 0 fully saturated rings. The molecule has 1 aromatic rings. The van der Waals surface area contributed by atoms with Gasteiger partial charge in [0.2, 0.25) is 0 Å². The zero-order chi connectivity index (χ0) is 15.8. The van der Waals surface area contributed by atoms with E-state index in [1.165, 1.54) is 0 Å². The summed E-state index contributed by atoms with van der Waals surface area (Å²) in [6.45, 7) is 3.91. The molecule has 0 aromatic heterocycles. The number of methoxy groups -OCH3 is 1. The summed E-state index contributed by atoms with van der Waals surface area (Å²) in [7, 11) is 1.60. The van der Waals surface area contributed by atoms with Crippen LogP contribution in [0.2, 0.25) is 0 Å². The van der Waals surface area contributed by atoms with Crippen molar-refractivity contribution in [3.63, 3.8) is 0 Å². The first kappa shape index (κ1) is 16.8. The Balaban J connectivity index is 2.41. The maximum Gasteiger partial charge on any atom is 0.326 e. The summed E-state index contributed by atoms with van der Waals surface area (Å²) in [5.74, 6) is -0.442. The molecule has 1 aromatic carbocycles. The predicted molar refractivity (Wildman–Crippen MR) is 79.5 cm³/mol. The van der Waals surface area contributed by atoms with E-state index in [4.69, 9.17) is 9.84 Å². The molecule has 0 aliphatic carbocycles. The van der Waals surface area contributed by atoms with E-state index in [-0.39, 0.29) is 5.92 Å². The molecule has 21 heavy (non-hydrogen) atoms. The van der Waals surface area contributed by atoms with E-state index < -0.39 is 18.0 Å². The minimum Gasteiger partial charge on any atom is -0.497 e. The maximum absolute atomic E-state index is 11.7. The lowest BCUT2D eigenvalue weighted by Crippen LogP contribution is -2.48. The highest BCUT2D eigenvalue weighted by Crippen LogP contribution is 2.12. The Morgan fingerprint density at radius 1 is 1.33 bits per heavy atom. The third kappa shape index (κ3) is 5.72. The molecule has 0 unspecified atom stereocenters. The number of benzene rings is 1. The number of hydrogen-bond donors (Lipinski definition) is 3. The van der Waals surface area contributed by atoms with Crippen LogP contribution in [0, 0.1) is 5.92 Å². The number of carboxylic acids is 1. The van der Waals surface area contributed by atoms with Crippen LogP contribution >= 0.6 is 0 Å². The number of amides is 2. The number of carbonyl (C=O) groups excluding carboxylic acids is 1. The van der Waals surface area contributed by atoms with E-state index >= 15 is 0 Å². The second-order valence-corrected chi connectivity index (χ2v) is 5.06. The van der Waals surface area contributed by atoms with Crippen molar-refractivity contribution in [2.75, 3.05) is 13.7 Å². The highest BCUT2D eigenvalue weighted by atomic mass is 16.5. The molecule has 0 aliphatic heterocycles. The molecule has 2 amide bonds. The fourth-order valence-electron chi connectivity index (χ4n) is 1.85. The van der Waals surface area contributed by atoms with Crippen molar-refractivity contribution in [3.05, 3.63) is 29.8 Å². The highest BCUT2D eigenvalue weighted by Gasteiger charge is 2.22. The molecular weight excluding hydrogens is 272 g/mol. The van der Waals surface area contributed by atoms with Gasteiger partial charge in [0.1, 0.15) is 11.8 Å². The van der Waals surface area contributed by atoms with Crippen LogP contribution in [0.5, 0.6) is 5.75 Å². The first-order valence-corrected chi connectivity index (χ1v) is 6.84. The lowest BCUT2D eigenvalue weighted by atomic mass is 10.1. The van der Waals surface area contributed by atoms with Crippen molar-refractivity contribution < 1.29 is 19.4 Å². The second kappa shape index (κ2) is 8.14. The molecule has 6 heteroatoms. The molecule has 116 valence electrons. The van der Waals surface area contributed by atoms with Gasteiger partial charge < -0.3 is 20.5 Å². The van der Waals surface area contributed by atoms with Crippen LogP contribution in [-0.2, 0) is 11.2 Å². The normalized spacial score (nSPS) is 11.8. The number of urea groups is 1. The number of aliphatic carboxylic acids is 1. The van der Waals surface area contributed by atoms with E-state index in [0.717, 1.165) is 11.3 Å². The van der Waals surface area contributed by atoms with Crippen molar-refractivity contribution in [1.29, 1.82) is 0 Å². The van der Waals surface area contributed by atoms with Gasteiger partial charge in [-0.25, -0.2) is 9.59 Å². The van der Waals surface area contributed by atoms with Gasteiger partial charge in [0.15, 0.2) is 0 Å². The smallest absolute Gasteiger partial charge is 0.326 e. The first-order chi connectivity index (χ1) is 9.93. The van der Waals surface area contributed by atoms with Gasteiger partial charge in [-0.2, -0.15) is 0 Å². The molecule has 1 atom stereocenters. The summed E-state index contributed by atoms with van der Waals surface area (Å²) < 4.78 is 5.12. The Hall–Kier alpha value is -2.24. The summed E-state index contributed by atoms with van der Waals surface area (Å²) in [4.78, 5) is 22.7. The van der Waals surface area contributed by atoms with Crippen LogP contribution in [-0.4, -0.2) is 36.8 Å². The van der Waals surface area contributed by atoms with Crippen LogP contribution in [0.15, 0.2) is 24.3 Å². The van der Waals surface area contributed by atoms with E-state index in [0.29, 0.717) is 13.0 Å². The quantitative estimate of drug-likeness (QED) is 0.713. The molecule has 0 aliphatic rings. The predicted octanol–water partition coefficient (Wildman–Crippen LogP) is 1.65. The molecule has 0 radical (unpaired) electrons. The van der Waals surface area contributed by atoms with Crippen molar-refractivity contribution >= 4 is 12.0 Å². The summed E-state index contributed by atoms with van der Waals surface area (Å²) in [6.07, 6.45) is 0.643. The van der Waals surface area contributed by atoms with Crippen LogP contribution in [0.4, 0.5) is 4.79 Å². The van der Waals surface area contributed by atoms with Crippen LogP contribution in [0.3, 0.4) is 0 Å². The van der Waals surface area contributed by atoms with Crippen LogP contribution < -0.4 is 15.4 Å². The Morgan fingerprint density at radius 3 is 2.62 bits per heavy atom. The summed E-state index contributed by atoms with van der Waals surface area (Å²) in [5.41, 5.74) is 1.04. The number of nitrogens with one attached hydrogen (secondary N) is 2. The second-order valence-electron chi connectivity index (χ2n) is 5.06. The van der Waals surface area contributed by atoms with Gasteiger partial charge in [-0.1, -0.05) is 26.0 Å². The molecule has 3 N–H and O–H groups in total. The molecule has 0 bridgehead atoms. The number of ether oxygens (including phenoxy) is 1. The average Bonchev–Trinajstić information content (AvgIpc) is 2.44. The largest absolute Gasteiger partial charge is 0.497 e. The van der Waals surface area contributed by atoms with Gasteiger partial charge in [0.25, 0.3) is 0 Å². The van der Waals surface area contributed by atoms with Gasteiger partial charge in [-0.15, -0.1) is 0 Å². The van der Waals surface area contributed by atoms with Crippen LogP contribution in [0.1, 0.15) is 19.4 Å². The Morgan fingerprint density at radius 2 is 2.05 bits per heavy atom. The number of rotatable bonds is 7. The number of hydrogen-bond acceptors (Lipinski definition) is 3. The molecule has 0 saturated carbocycles. The maximum atomic E-state index is 11.7. The Bertz CT molecular complexity index is 488. The molecular formula is C15H22N2O4. The van der Waals surface area contributed by atoms with Gasteiger partial charge >= 0.3 is 12.0 Å². The van der Waals surface area contributed by atoms with Crippen LogP contribution in [0.25, 0.3) is 0 Å². The topological polar surface area (TPSA) is 87.7 Å². The summed E-state index contributed by atoms with van der Waals surface area (Å²) >= 11 is 0. The number of carboxylic acid groups (broad SMARTS) is 1. The molecule has 6 nitrogen and oxygen atoms in total. The van der Waals surface area contributed by atoms with Crippen molar-refractivity contribution in [2.45, 2.75) is 26.3 Å². The summed E-state index contributed by atoms with van der Waals surface area (Å²) in [5, 5.41) is 14.1. The van der Waals surface area contributed by atoms with E-state index in [1.54, 1.807) is 21.0 Å². The van der Waals surface area contributed by atoms with Crippen molar-refractivity contribution in [3.8, 4) is 5.75 Å². The molecule has 1 rings (SSSR count).